The molecule has 0 saturated carbocycles. The highest BCUT2D eigenvalue weighted by atomic mass is 16.2. The second-order valence-corrected chi connectivity index (χ2v) is 6.70. The fourth-order valence-corrected chi connectivity index (χ4v) is 4.52. The molecule has 25 heavy (non-hydrogen) atoms. The normalized spacial score (nSPS) is 20.5. The van der Waals surface area contributed by atoms with Gasteiger partial charge in [-0.05, 0) is 29.7 Å². The number of amides is 2. The Bertz CT molecular complexity index is 1150. The minimum Gasteiger partial charge on any atom is -0.361 e. The summed E-state index contributed by atoms with van der Waals surface area (Å²) in [4.78, 5) is 30.6. The van der Waals surface area contributed by atoms with Crippen LogP contribution in [-0.4, -0.2) is 16.8 Å². The molecule has 1 aromatic heterocycles. The number of carbonyl (C=O) groups is 2. The summed E-state index contributed by atoms with van der Waals surface area (Å²) < 4.78 is 0. The maximum absolute atomic E-state index is 12.7. The number of imide groups is 1. The van der Waals surface area contributed by atoms with Crippen LogP contribution in [-0.2, 0) is 16.0 Å². The smallest absolute Gasteiger partial charge is 0.275 e. The fraction of sp³-hybridized carbons (Fsp3) is 0.100. The Labute approximate surface area is 142 Å². The van der Waals surface area contributed by atoms with Crippen molar-refractivity contribution < 1.29 is 9.59 Å². The summed E-state index contributed by atoms with van der Waals surface area (Å²) in [5.74, 6) is -0.635. The number of nitrogens with one attached hydrogen (secondary N) is 2. The van der Waals surface area contributed by atoms with E-state index >= 15 is 0 Å². The zero-order valence-corrected chi connectivity index (χ0v) is 13.2. The van der Waals surface area contributed by atoms with Gasteiger partial charge < -0.3 is 9.88 Å². The van der Waals surface area contributed by atoms with Gasteiger partial charge in [-0.25, -0.2) is 0 Å². The van der Waals surface area contributed by atoms with Gasteiger partial charge in [0.2, 0.25) is 0 Å². The summed E-state index contributed by atoms with van der Waals surface area (Å²) in [5, 5.41) is 3.53. The monoisotopic (exact) mass is 327 g/mol. The van der Waals surface area contributed by atoms with Crippen LogP contribution in [0.2, 0.25) is 0 Å². The van der Waals surface area contributed by atoms with Crippen LogP contribution in [0.1, 0.15) is 22.7 Å². The Balaban J connectivity index is 1.78. The lowest BCUT2D eigenvalue weighted by atomic mass is 9.96. The summed E-state index contributed by atoms with van der Waals surface area (Å²) >= 11 is 0. The highest BCUT2D eigenvalue weighted by Crippen LogP contribution is 2.50. The van der Waals surface area contributed by atoms with Crippen LogP contribution in [0.5, 0.6) is 0 Å². The van der Waals surface area contributed by atoms with Crippen LogP contribution in [0.4, 0.5) is 5.69 Å². The van der Waals surface area contributed by atoms with Crippen molar-refractivity contribution in [2.45, 2.75) is 12.5 Å². The lowest BCUT2D eigenvalue weighted by molar-refractivity contribution is -0.123. The molecule has 3 aliphatic heterocycles. The van der Waals surface area contributed by atoms with E-state index in [-0.39, 0.29) is 17.9 Å². The van der Waals surface area contributed by atoms with Crippen LogP contribution in [0.3, 0.4) is 0 Å². The zero-order chi connectivity index (χ0) is 16.7. The molecule has 1 unspecified atom stereocenters. The van der Waals surface area contributed by atoms with Gasteiger partial charge in [-0.2, -0.15) is 0 Å². The van der Waals surface area contributed by atoms with Gasteiger partial charge in [-0.1, -0.05) is 30.3 Å². The molecule has 0 radical (unpaired) electrons. The maximum Gasteiger partial charge on any atom is 0.275 e. The number of aromatic nitrogens is 1. The molecular weight excluding hydrogens is 314 g/mol. The molecule has 3 aliphatic rings. The molecule has 5 nitrogen and oxygen atoms in total. The van der Waals surface area contributed by atoms with Crippen LogP contribution < -0.4 is 10.2 Å². The molecule has 2 N–H and O–H groups in total. The third-order valence-electron chi connectivity index (χ3n) is 5.49. The molecule has 0 spiro atoms. The van der Waals surface area contributed by atoms with Crippen LogP contribution in [0.25, 0.3) is 16.5 Å². The van der Waals surface area contributed by atoms with Gasteiger partial charge in [0, 0.05) is 28.4 Å². The first-order valence-corrected chi connectivity index (χ1v) is 8.31. The van der Waals surface area contributed by atoms with Gasteiger partial charge >= 0.3 is 0 Å². The van der Waals surface area contributed by atoms with Gasteiger partial charge in [0.1, 0.15) is 5.70 Å². The molecule has 3 aromatic rings. The third-order valence-corrected chi connectivity index (χ3v) is 5.49. The number of benzene rings is 2. The Morgan fingerprint density at radius 1 is 1.00 bits per heavy atom. The molecule has 5 heteroatoms. The first-order chi connectivity index (χ1) is 12.2. The van der Waals surface area contributed by atoms with E-state index in [1.54, 1.807) is 0 Å². The summed E-state index contributed by atoms with van der Waals surface area (Å²) in [7, 11) is 0. The number of anilines is 1. The lowest BCUT2D eigenvalue weighted by Gasteiger charge is -2.27. The topological polar surface area (TPSA) is 65.2 Å². The number of nitrogens with zero attached hydrogens (tertiary/aromatic N) is 1. The largest absolute Gasteiger partial charge is 0.361 e. The van der Waals surface area contributed by atoms with Crippen molar-refractivity contribution in [3.05, 3.63) is 71.0 Å². The summed E-state index contributed by atoms with van der Waals surface area (Å²) in [6.45, 7) is 0. The summed E-state index contributed by atoms with van der Waals surface area (Å²) in [5.41, 5.74) is 6.11. The molecule has 120 valence electrons. The van der Waals surface area contributed by atoms with Crippen molar-refractivity contribution >= 4 is 34.0 Å². The molecule has 0 aliphatic carbocycles. The fourth-order valence-electron chi connectivity index (χ4n) is 4.52. The van der Waals surface area contributed by atoms with Crippen molar-refractivity contribution in [1.29, 1.82) is 0 Å². The molecule has 6 rings (SSSR count). The average Bonchev–Trinajstić information content (AvgIpc) is 3.25. The minimum atomic E-state index is -0.319. The Morgan fingerprint density at radius 2 is 1.88 bits per heavy atom. The Morgan fingerprint density at radius 3 is 2.80 bits per heavy atom. The van der Waals surface area contributed by atoms with Crippen molar-refractivity contribution in [3.8, 4) is 0 Å². The minimum absolute atomic E-state index is 0.0137. The highest BCUT2D eigenvalue weighted by Gasteiger charge is 2.45. The number of H-pyrrole nitrogens is 1. The molecule has 2 amide bonds. The quantitative estimate of drug-likeness (QED) is 0.624. The van der Waals surface area contributed by atoms with Crippen molar-refractivity contribution in [2.75, 3.05) is 4.90 Å². The SMILES string of the molecule is O=C1NC(=O)C2=C1c1c[nH]c3cccc(c13)C1Cc3ccccc3N21. The van der Waals surface area contributed by atoms with E-state index in [0.717, 1.165) is 34.1 Å². The standard InChI is InChI=1S/C20H13N3O2/c24-19-17-12-9-21-13-6-3-5-11(16(12)13)15-8-10-4-1-2-7-14(10)23(15)18(17)20(25)22-19/h1-7,9,15,21H,8H2,(H,22,24,25). The highest BCUT2D eigenvalue weighted by molar-refractivity contribution is 6.39. The summed E-state index contributed by atoms with van der Waals surface area (Å²) in [6.07, 6.45) is 2.66. The average molecular weight is 327 g/mol. The molecular formula is C20H13N3O2. The van der Waals surface area contributed by atoms with E-state index in [2.05, 4.69) is 27.3 Å². The number of hydrogen-bond acceptors (Lipinski definition) is 3. The first kappa shape index (κ1) is 13.0. The number of para-hydroxylation sites is 1. The Hall–Kier alpha value is -3.34. The van der Waals surface area contributed by atoms with E-state index in [4.69, 9.17) is 0 Å². The van der Waals surface area contributed by atoms with Crippen LogP contribution >= 0.6 is 0 Å². The van der Waals surface area contributed by atoms with E-state index in [9.17, 15) is 9.59 Å². The maximum atomic E-state index is 12.7. The number of hydrogen-bond donors (Lipinski definition) is 2. The molecule has 0 bridgehead atoms. The predicted octanol–water partition coefficient (Wildman–Crippen LogP) is 2.65. The molecule has 0 fully saturated rings. The van der Waals surface area contributed by atoms with E-state index in [0.29, 0.717) is 11.3 Å². The van der Waals surface area contributed by atoms with E-state index in [1.165, 1.54) is 5.56 Å². The predicted molar refractivity (Wildman–Crippen MR) is 93.7 cm³/mol. The van der Waals surface area contributed by atoms with Gasteiger partial charge in [0.25, 0.3) is 11.8 Å². The van der Waals surface area contributed by atoms with E-state index < -0.39 is 0 Å². The summed E-state index contributed by atoms with van der Waals surface area (Å²) in [6, 6.07) is 14.3. The van der Waals surface area contributed by atoms with Gasteiger partial charge in [-0.15, -0.1) is 0 Å². The second-order valence-electron chi connectivity index (χ2n) is 6.70. The molecule has 0 saturated heterocycles. The third kappa shape index (κ3) is 1.44. The van der Waals surface area contributed by atoms with Crippen molar-refractivity contribution in [1.82, 2.24) is 10.3 Å². The van der Waals surface area contributed by atoms with Crippen LogP contribution in [0.15, 0.2) is 54.4 Å². The molecule has 2 aromatic carbocycles. The van der Waals surface area contributed by atoms with Crippen molar-refractivity contribution in [2.24, 2.45) is 0 Å². The van der Waals surface area contributed by atoms with Gasteiger partial charge in [0.05, 0.1) is 11.6 Å². The molecule has 1 atom stereocenters. The second kappa shape index (κ2) is 4.19. The number of carbonyl (C=O) groups excluding carboxylic acids is 2. The Kier molecular flexibility index (Phi) is 2.18. The number of fused-ring (bicyclic) bond motifs is 6. The first-order valence-electron chi connectivity index (χ1n) is 8.31. The van der Waals surface area contributed by atoms with Gasteiger partial charge in [-0.3, -0.25) is 14.9 Å². The van der Waals surface area contributed by atoms with Crippen LogP contribution in [0, 0.1) is 0 Å². The molecule has 4 heterocycles. The zero-order valence-electron chi connectivity index (χ0n) is 13.2. The lowest BCUT2D eigenvalue weighted by Crippen LogP contribution is -2.31. The van der Waals surface area contributed by atoms with E-state index in [1.807, 2.05) is 36.5 Å². The van der Waals surface area contributed by atoms with Gasteiger partial charge in [0.15, 0.2) is 0 Å². The number of rotatable bonds is 0. The number of aromatic amines is 1. The van der Waals surface area contributed by atoms with Crippen molar-refractivity contribution in [3.63, 3.8) is 0 Å².